The fourth-order valence-corrected chi connectivity index (χ4v) is 8.19. The second-order valence-electron chi connectivity index (χ2n) is 13.9. The van der Waals surface area contributed by atoms with Crippen LogP contribution in [0.4, 0.5) is 15.1 Å². The minimum Gasteiger partial charge on any atom is -0.465 e. The molecule has 0 radical (unpaired) electrons. The molecule has 2 aliphatic rings. The maximum atomic E-state index is 14.9. The SMILES string of the molecule is O=C(OCC(C1CCN(C(=O)O)CC1)n1c(-c2ccccc2)nc2ccccc21)C1CCN(c2nc3ccccc3n2Cc2c(F)cccc2Cl)CC1. The van der Waals surface area contributed by atoms with Crippen LogP contribution in [0, 0.1) is 17.7 Å². The summed E-state index contributed by atoms with van der Waals surface area (Å²) in [5.41, 5.74) is 4.84. The van der Waals surface area contributed by atoms with Gasteiger partial charge in [0.05, 0.1) is 40.6 Å². The average Bonchev–Trinajstić information content (AvgIpc) is 3.76. The lowest BCUT2D eigenvalue weighted by molar-refractivity contribution is -0.151. The standard InChI is InChI=1S/C41H40ClFN6O4/c42-31-11-8-12-32(43)30(31)25-48-35-15-6-4-13-33(35)45-40(48)46-21-19-29(20-22-46)39(50)53-26-37(27-17-23-47(24-18-27)41(51)52)49-36-16-7-5-14-34(36)44-38(49)28-9-2-1-3-10-28/h1-16,27,29,37H,17-26H2,(H,51,52). The minimum absolute atomic E-state index is 0.0660. The Morgan fingerprint density at radius 2 is 1.47 bits per heavy atom. The molecule has 8 rings (SSSR count). The lowest BCUT2D eigenvalue weighted by Gasteiger charge is -2.36. The summed E-state index contributed by atoms with van der Waals surface area (Å²) >= 11 is 6.44. The van der Waals surface area contributed by atoms with Crippen LogP contribution in [0.3, 0.4) is 0 Å². The van der Waals surface area contributed by atoms with E-state index in [9.17, 15) is 19.1 Å². The number of nitrogens with zero attached hydrogens (tertiary/aromatic N) is 6. The second kappa shape index (κ2) is 14.9. The predicted molar refractivity (Wildman–Crippen MR) is 203 cm³/mol. The van der Waals surface area contributed by atoms with Crippen molar-refractivity contribution in [3.63, 3.8) is 0 Å². The van der Waals surface area contributed by atoms with Gasteiger partial charge in [0.2, 0.25) is 5.95 Å². The topological polar surface area (TPSA) is 106 Å². The van der Waals surface area contributed by atoms with Gasteiger partial charge in [-0.05, 0) is 68.0 Å². The molecule has 0 aliphatic carbocycles. The number of hydrogen-bond donors (Lipinski definition) is 1. The van der Waals surface area contributed by atoms with E-state index < -0.39 is 6.09 Å². The van der Waals surface area contributed by atoms with Crippen molar-refractivity contribution in [1.29, 1.82) is 0 Å². The molecule has 10 nitrogen and oxygen atoms in total. The number of hydrogen-bond acceptors (Lipinski definition) is 6. The molecule has 1 atom stereocenters. The molecule has 4 heterocycles. The number of halogens is 2. The zero-order chi connectivity index (χ0) is 36.5. The lowest BCUT2D eigenvalue weighted by atomic mass is 9.89. The van der Waals surface area contributed by atoms with E-state index in [1.54, 1.807) is 12.1 Å². The summed E-state index contributed by atoms with van der Waals surface area (Å²) in [5.74, 6) is 0.666. The fraction of sp³-hybridized carbons (Fsp3) is 0.317. The monoisotopic (exact) mass is 734 g/mol. The normalized spacial score (nSPS) is 16.3. The number of carbonyl (C=O) groups excluding carboxylic acids is 1. The van der Waals surface area contributed by atoms with Crippen molar-refractivity contribution < 1.29 is 23.8 Å². The van der Waals surface area contributed by atoms with Gasteiger partial charge in [-0.15, -0.1) is 0 Å². The molecule has 4 aromatic carbocycles. The summed E-state index contributed by atoms with van der Waals surface area (Å²) in [4.78, 5) is 39.2. The first-order valence-electron chi connectivity index (χ1n) is 18.2. The number of likely N-dealkylation sites (tertiary alicyclic amines) is 1. The Balaban J connectivity index is 1.02. The summed E-state index contributed by atoms with van der Waals surface area (Å²) in [6, 6.07) is 30.2. The summed E-state index contributed by atoms with van der Waals surface area (Å²) in [5, 5.41) is 10.0. The van der Waals surface area contributed by atoms with Gasteiger partial charge < -0.3 is 28.8 Å². The number of carboxylic acid groups (broad SMARTS) is 1. The maximum Gasteiger partial charge on any atom is 0.407 e. The summed E-state index contributed by atoms with van der Waals surface area (Å²) in [7, 11) is 0. The molecule has 272 valence electrons. The van der Waals surface area contributed by atoms with Crippen molar-refractivity contribution >= 4 is 51.7 Å². The second-order valence-corrected chi connectivity index (χ2v) is 14.3. The molecule has 1 unspecified atom stereocenters. The Kier molecular flexibility index (Phi) is 9.74. The van der Waals surface area contributed by atoms with Gasteiger partial charge in [-0.3, -0.25) is 4.79 Å². The Hall–Kier alpha value is -5.42. The van der Waals surface area contributed by atoms with Crippen LogP contribution in [0.5, 0.6) is 0 Å². The molecule has 2 fully saturated rings. The van der Waals surface area contributed by atoms with Crippen LogP contribution >= 0.6 is 11.6 Å². The van der Waals surface area contributed by atoms with Crippen LogP contribution in [0.25, 0.3) is 33.5 Å². The number of aromatic nitrogens is 4. The third kappa shape index (κ3) is 6.93. The molecule has 53 heavy (non-hydrogen) atoms. The molecule has 0 bridgehead atoms. The van der Waals surface area contributed by atoms with E-state index in [2.05, 4.69) is 9.47 Å². The predicted octanol–water partition coefficient (Wildman–Crippen LogP) is 8.28. The number of ether oxygens (including phenoxy) is 1. The molecule has 12 heteroatoms. The fourth-order valence-electron chi connectivity index (χ4n) is 7.97. The molecule has 2 aliphatic heterocycles. The van der Waals surface area contributed by atoms with Gasteiger partial charge in [0.1, 0.15) is 18.2 Å². The Labute approximate surface area is 311 Å². The van der Waals surface area contributed by atoms with E-state index in [1.807, 2.05) is 83.4 Å². The number of rotatable bonds is 9. The molecule has 0 saturated carbocycles. The number of imidazole rings is 2. The highest BCUT2D eigenvalue weighted by molar-refractivity contribution is 6.31. The van der Waals surface area contributed by atoms with Gasteiger partial charge in [-0.1, -0.05) is 72.3 Å². The Morgan fingerprint density at radius 1 is 0.811 bits per heavy atom. The van der Waals surface area contributed by atoms with E-state index in [0.717, 1.165) is 33.5 Å². The third-order valence-corrected chi connectivity index (χ3v) is 11.2. The van der Waals surface area contributed by atoms with Crippen molar-refractivity contribution in [2.24, 2.45) is 11.8 Å². The molecule has 0 spiro atoms. The van der Waals surface area contributed by atoms with Gasteiger partial charge in [0.25, 0.3) is 0 Å². The summed E-state index contributed by atoms with van der Waals surface area (Å²) < 4.78 is 25.4. The van der Waals surface area contributed by atoms with Crippen molar-refractivity contribution in [3.8, 4) is 11.4 Å². The smallest absolute Gasteiger partial charge is 0.407 e. The Morgan fingerprint density at radius 3 is 2.17 bits per heavy atom. The van der Waals surface area contributed by atoms with Crippen LogP contribution in [0.2, 0.25) is 5.02 Å². The highest BCUT2D eigenvalue weighted by Gasteiger charge is 2.35. The molecule has 2 aromatic heterocycles. The number of carbonyl (C=O) groups is 2. The molecule has 1 N–H and O–H groups in total. The zero-order valence-corrected chi connectivity index (χ0v) is 29.9. The number of benzene rings is 4. The number of piperidine rings is 2. The number of fused-ring (bicyclic) bond motifs is 2. The number of esters is 1. The highest BCUT2D eigenvalue weighted by atomic mass is 35.5. The van der Waals surface area contributed by atoms with E-state index >= 15 is 0 Å². The van der Waals surface area contributed by atoms with Crippen molar-refractivity contribution in [3.05, 3.63) is 113 Å². The largest absolute Gasteiger partial charge is 0.465 e. The van der Waals surface area contributed by atoms with Gasteiger partial charge in [-0.25, -0.2) is 19.2 Å². The van der Waals surface area contributed by atoms with E-state index in [0.29, 0.717) is 68.4 Å². The maximum absolute atomic E-state index is 14.9. The number of amides is 1. The van der Waals surface area contributed by atoms with E-state index in [4.69, 9.17) is 26.3 Å². The first-order chi connectivity index (χ1) is 25.9. The molecular formula is C41H40ClFN6O4. The van der Waals surface area contributed by atoms with Gasteiger partial charge in [0, 0.05) is 42.3 Å². The van der Waals surface area contributed by atoms with Gasteiger partial charge >= 0.3 is 12.1 Å². The third-order valence-electron chi connectivity index (χ3n) is 10.8. The van der Waals surface area contributed by atoms with Crippen LogP contribution in [0.1, 0.15) is 37.3 Å². The first-order valence-corrected chi connectivity index (χ1v) is 18.5. The van der Waals surface area contributed by atoms with Crippen LogP contribution in [0.15, 0.2) is 97.1 Å². The molecule has 6 aromatic rings. The first kappa shape index (κ1) is 34.7. The number of anilines is 1. The van der Waals surface area contributed by atoms with Gasteiger partial charge in [0.15, 0.2) is 0 Å². The van der Waals surface area contributed by atoms with Crippen molar-refractivity contribution in [2.45, 2.75) is 38.3 Å². The zero-order valence-electron chi connectivity index (χ0n) is 29.2. The van der Waals surface area contributed by atoms with Crippen LogP contribution in [-0.4, -0.2) is 74.0 Å². The quantitative estimate of drug-likeness (QED) is 0.149. The summed E-state index contributed by atoms with van der Waals surface area (Å²) in [6.45, 7) is 2.37. The van der Waals surface area contributed by atoms with E-state index in [-0.39, 0.29) is 42.8 Å². The highest BCUT2D eigenvalue weighted by Crippen LogP contribution is 2.37. The minimum atomic E-state index is -0.914. The average molecular weight is 735 g/mol. The van der Waals surface area contributed by atoms with E-state index in [1.165, 1.54) is 11.0 Å². The molecule has 1 amide bonds. The van der Waals surface area contributed by atoms with Crippen molar-refractivity contribution in [1.82, 2.24) is 24.0 Å². The Bertz CT molecular complexity index is 2240. The number of para-hydroxylation sites is 4. The van der Waals surface area contributed by atoms with Crippen molar-refractivity contribution in [2.75, 3.05) is 37.7 Å². The van der Waals surface area contributed by atoms with Crippen LogP contribution in [-0.2, 0) is 16.1 Å². The summed E-state index contributed by atoms with van der Waals surface area (Å²) in [6.07, 6.45) is 1.53. The molecular weight excluding hydrogens is 695 g/mol. The van der Waals surface area contributed by atoms with Gasteiger partial charge in [-0.2, -0.15) is 0 Å². The lowest BCUT2D eigenvalue weighted by Crippen LogP contribution is -2.41. The van der Waals surface area contributed by atoms with Crippen LogP contribution < -0.4 is 4.90 Å². The molecule has 2 saturated heterocycles.